The number of morpholine rings is 1. The summed E-state index contributed by atoms with van der Waals surface area (Å²) in [5, 5.41) is 3.91. The van der Waals surface area contributed by atoms with E-state index in [0.29, 0.717) is 37.6 Å². The van der Waals surface area contributed by atoms with Crippen LogP contribution in [0, 0.1) is 0 Å². The van der Waals surface area contributed by atoms with Crippen LogP contribution in [0.4, 0.5) is 10.8 Å². The molecule has 9 nitrogen and oxygen atoms in total. The summed E-state index contributed by atoms with van der Waals surface area (Å²) in [6, 6.07) is 11.7. The lowest BCUT2D eigenvalue weighted by Crippen LogP contribution is -2.44. The van der Waals surface area contributed by atoms with Crippen molar-refractivity contribution in [3.8, 4) is 0 Å². The molecule has 3 aromatic rings. The lowest BCUT2D eigenvalue weighted by Gasteiger charge is -2.31. The first-order chi connectivity index (χ1) is 16.4. The fraction of sp³-hybridized carbons (Fsp3) is 0.391. The topological polar surface area (TPSA) is 95.1 Å². The first-order valence-corrected chi connectivity index (χ1v) is 13.5. The van der Waals surface area contributed by atoms with Crippen LogP contribution < -0.4 is 10.2 Å². The molecule has 1 amide bonds. The Balaban J connectivity index is 1.27. The molecular formula is C23H27N5O4S2. The van der Waals surface area contributed by atoms with E-state index in [1.165, 1.54) is 16.4 Å². The highest BCUT2D eigenvalue weighted by Crippen LogP contribution is 2.31. The van der Waals surface area contributed by atoms with Crippen LogP contribution in [-0.2, 0) is 14.8 Å². The second kappa shape index (κ2) is 9.59. The molecular weight excluding hydrogens is 474 g/mol. The summed E-state index contributed by atoms with van der Waals surface area (Å²) in [5.74, 6) is -0.293. The molecule has 2 aliphatic heterocycles. The number of ether oxygens (including phenoxy) is 1. The molecule has 0 radical (unpaired) electrons. The lowest BCUT2D eigenvalue weighted by atomic mass is 10.2. The molecule has 2 fully saturated rings. The maximum Gasteiger partial charge on any atom is 0.255 e. The Labute approximate surface area is 203 Å². The van der Waals surface area contributed by atoms with Gasteiger partial charge >= 0.3 is 0 Å². The van der Waals surface area contributed by atoms with Crippen LogP contribution in [0.2, 0.25) is 0 Å². The van der Waals surface area contributed by atoms with E-state index in [2.05, 4.69) is 22.2 Å². The first-order valence-electron chi connectivity index (χ1n) is 11.2. The maximum absolute atomic E-state index is 12.8. The number of nitrogens with zero attached hydrogens (tertiary/aromatic N) is 4. The number of carbonyl (C=O) groups is 1. The number of fused-ring (bicyclic) bond motifs is 1. The zero-order valence-corrected chi connectivity index (χ0v) is 20.6. The van der Waals surface area contributed by atoms with Crippen molar-refractivity contribution in [1.82, 2.24) is 14.2 Å². The summed E-state index contributed by atoms with van der Waals surface area (Å²) in [5.41, 5.74) is 1.98. The molecule has 0 atom stereocenters. The van der Waals surface area contributed by atoms with Crippen LogP contribution in [-0.4, -0.2) is 88.0 Å². The maximum atomic E-state index is 12.8. The van der Waals surface area contributed by atoms with Gasteiger partial charge in [0.2, 0.25) is 10.0 Å². The minimum Gasteiger partial charge on any atom is -0.379 e. The number of anilines is 2. The van der Waals surface area contributed by atoms with Crippen molar-refractivity contribution in [2.45, 2.75) is 4.90 Å². The van der Waals surface area contributed by atoms with E-state index in [-0.39, 0.29) is 10.8 Å². The lowest BCUT2D eigenvalue weighted by molar-refractivity contribution is 0.0730. The largest absolute Gasteiger partial charge is 0.379 e. The van der Waals surface area contributed by atoms with Crippen molar-refractivity contribution in [1.29, 1.82) is 0 Å². The SMILES string of the molecule is CN1CCN(c2nc3ccc(NC(=O)c4ccc(S(=O)(=O)N5CCOCC5)cc4)cc3s2)CC1. The van der Waals surface area contributed by atoms with Crippen molar-refractivity contribution < 1.29 is 17.9 Å². The van der Waals surface area contributed by atoms with Gasteiger partial charge in [-0.25, -0.2) is 13.4 Å². The quantitative estimate of drug-likeness (QED) is 0.573. The predicted molar refractivity (Wildman–Crippen MR) is 133 cm³/mol. The Kier molecular flexibility index (Phi) is 6.54. The number of sulfonamides is 1. The van der Waals surface area contributed by atoms with Crippen LogP contribution in [0.5, 0.6) is 0 Å². The Bertz CT molecular complexity index is 1280. The number of amides is 1. The van der Waals surface area contributed by atoms with E-state index in [0.717, 1.165) is 41.5 Å². The van der Waals surface area contributed by atoms with E-state index in [4.69, 9.17) is 9.72 Å². The van der Waals surface area contributed by atoms with Gasteiger partial charge in [0.15, 0.2) is 5.13 Å². The second-order valence-corrected chi connectivity index (χ2v) is 11.4. The molecule has 0 bridgehead atoms. The third-order valence-corrected chi connectivity index (χ3v) is 9.12. The second-order valence-electron chi connectivity index (χ2n) is 8.46. The average molecular weight is 502 g/mol. The molecule has 2 saturated heterocycles. The molecule has 180 valence electrons. The number of thiazole rings is 1. The number of likely N-dealkylation sites (N-methyl/N-ethyl adjacent to an activating group) is 1. The monoisotopic (exact) mass is 501 g/mol. The molecule has 1 aromatic heterocycles. The Hall–Kier alpha value is -2.57. The summed E-state index contributed by atoms with van der Waals surface area (Å²) >= 11 is 1.63. The third kappa shape index (κ3) is 4.80. The summed E-state index contributed by atoms with van der Waals surface area (Å²) < 4.78 is 33.2. The van der Waals surface area contributed by atoms with Crippen LogP contribution in [0.3, 0.4) is 0 Å². The number of hydrogen-bond acceptors (Lipinski definition) is 8. The van der Waals surface area contributed by atoms with Gasteiger partial charge in [-0.2, -0.15) is 4.31 Å². The van der Waals surface area contributed by atoms with Crippen molar-refractivity contribution in [2.75, 3.05) is 69.7 Å². The highest BCUT2D eigenvalue weighted by Gasteiger charge is 2.26. The van der Waals surface area contributed by atoms with Gasteiger partial charge in [-0.05, 0) is 49.5 Å². The van der Waals surface area contributed by atoms with Gasteiger partial charge in [-0.15, -0.1) is 0 Å². The molecule has 34 heavy (non-hydrogen) atoms. The molecule has 2 aliphatic rings. The standard InChI is InChI=1S/C23H27N5O4S2/c1-26-8-10-27(11-9-26)23-25-20-7-4-18(16-21(20)33-23)24-22(29)17-2-5-19(6-3-17)34(30,31)28-12-14-32-15-13-28/h2-7,16H,8-15H2,1H3,(H,24,29). The van der Waals surface area contributed by atoms with Gasteiger partial charge in [0, 0.05) is 50.5 Å². The van der Waals surface area contributed by atoms with E-state index >= 15 is 0 Å². The molecule has 3 heterocycles. The van der Waals surface area contributed by atoms with E-state index in [1.54, 1.807) is 23.5 Å². The number of aromatic nitrogens is 1. The Morgan fingerprint density at radius 1 is 1.00 bits per heavy atom. The third-order valence-electron chi connectivity index (χ3n) is 6.13. The normalized spacial score (nSPS) is 18.3. The Morgan fingerprint density at radius 2 is 1.71 bits per heavy atom. The summed E-state index contributed by atoms with van der Waals surface area (Å²) in [6.07, 6.45) is 0. The molecule has 11 heteroatoms. The predicted octanol–water partition coefficient (Wildman–Crippen LogP) is 2.32. The van der Waals surface area contributed by atoms with Gasteiger partial charge < -0.3 is 19.9 Å². The molecule has 0 aliphatic carbocycles. The molecule has 2 aromatic carbocycles. The summed E-state index contributed by atoms with van der Waals surface area (Å²) in [7, 11) is -1.46. The van der Waals surface area contributed by atoms with Crippen LogP contribution >= 0.6 is 11.3 Å². The first kappa shape index (κ1) is 23.2. The minimum absolute atomic E-state index is 0.175. The molecule has 0 unspecified atom stereocenters. The fourth-order valence-corrected chi connectivity index (χ4v) is 6.51. The van der Waals surface area contributed by atoms with Gasteiger partial charge in [0.05, 0.1) is 28.3 Å². The van der Waals surface area contributed by atoms with Crippen molar-refractivity contribution in [3.63, 3.8) is 0 Å². The smallest absolute Gasteiger partial charge is 0.255 e. The number of carbonyl (C=O) groups excluding carboxylic acids is 1. The number of rotatable bonds is 5. The molecule has 5 rings (SSSR count). The van der Waals surface area contributed by atoms with E-state index in [9.17, 15) is 13.2 Å². The average Bonchev–Trinajstić information content (AvgIpc) is 3.28. The zero-order valence-electron chi connectivity index (χ0n) is 18.9. The molecule has 0 spiro atoms. The van der Waals surface area contributed by atoms with Crippen LogP contribution in [0.1, 0.15) is 10.4 Å². The van der Waals surface area contributed by atoms with Gasteiger partial charge in [0.1, 0.15) is 0 Å². The number of hydrogen-bond donors (Lipinski definition) is 1. The molecule has 1 N–H and O–H groups in total. The number of nitrogens with one attached hydrogen (secondary N) is 1. The highest BCUT2D eigenvalue weighted by molar-refractivity contribution is 7.89. The van der Waals surface area contributed by atoms with Gasteiger partial charge in [-0.3, -0.25) is 4.79 Å². The fourth-order valence-electron chi connectivity index (χ4n) is 4.04. The summed E-state index contributed by atoms with van der Waals surface area (Å²) in [4.78, 5) is 22.3. The molecule has 0 saturated carbocycles. The van der Waals surface area contributed by atoms with E-state index in [1.807, 2.05) is 18.2 Å². The van der Waals surface area contributed by atoms with Gasteiger partial charge in [0.25, 0.3) is 5.91 Å². The minimum atomic E-state index is -3.59. The Morgan fingerprint density at radius 3 is 2.41 bits per heavy atom. The zero-order chi connectivity index (χ0) is 23.7. The van der Waals surface area contributed by atoms with Crippen LogP contribution in [0.25, 0.3) is 10.2 Å². The highest BCUT2D eigenvalue weighted by atomic mass is 32.2. The van der Waals surface area contributed by atoms with Crippen molar-refractivity contribution >= 4 is 48.3 Å². The number of piperazine rings is 1. The number of benzene rings is 2. The van der Waals surface area contributed by atoms with Gasteiger partial charge in [-0.1, -0.05) is 11.3 Å². The summed E-state index contributed by atoms with van der Waals surface area (Å²) in [6.45, 7) is 5.39. The van der Waals surface area contributed by atoms with E-state index < -0.39 is 10.0 Å². The van der Waals surface area contributed by atoms with Crippen molar-refractivity contribution in [2.24, 2.45) is 0 Å². The van der Waals surface area contributed by atoms with Crippen molar-refractivity contribution in [3.05, 3.63) is 48.0 Å². The van der Waals surface area contributed by atoms with Crippen LogP contribution in [0.15, 0.2) is 47.4 Å².